The number of carbonyl (C=O) groups excluding carboxylic acids is 1. The van der Waals surface area contributed by atoms with Crippen LogP contribution in [-0.4, -0.2) is 39.0 Å². The second-order valence-corrected chi connectivity index (χ2v) is 14.5. The van der Waals surface area contributed by atoms with E-state index >= 15 is 0 Å². The zero-order valence-corrected chi connectivity index (χ0v) is 29.7. The first-order valence-electron chi connectivity index (χ1n) is 18.3. The van der Waals surface area contributed by atoms with Gasteiger partial charge >= 0.3 is 14.0 Å². The van der Waals surface area contributed by atoms with E-state index in [1.54, 1.807) is 0 Å². The van der Waals surface area contributed by atoms with Crippen molar-refractivity contribution in [3.63, 3.8) is 0 Å². The van der Waals surface area contributed by atoms with Crippen LogP contribution in [0.1, 0.15) is 5.56 Å². The Bertz CT molecular complexity index is 3130. The van der Waals surface area contributed by atoms with E-state index in [0.29, 0.717) is 21.9 Å². The molecular weight excluding hydrogens is 662 g/mol. The Hall–Kier alpha value is -6.79. The van der Waals surface area contributed by atoms with Gasteiger partial charge in [0.2, 0.25) is 5.78 Å². The van der Waals surface area contributed by atoms with Crippen molar-refractivity contribution in [2.75, 3.05) is 28.9 Å². The fourth-order valence-electron chi connectivity index (χ4n) is 9.13. The molecule has 0 saturated heterocycles. The monoisotopic (exact) mass is 694 g/mol. The van der Waals surface area contributed by atoms with Crippen LogP contribution in [0.3, 0.4) is 0 Å². The Morgan fingerprint density at radius 1 is 0.574 bits per heavy atom. The minimum Gasteiger partial charge on any atom is -0.506 e. The fraction of sp³-hybridized carbons (Fsp3) is 0.0435. The number of nitrogens with one attached hydrogen (secondary N) is 1. The normalized spacial score (nSPS) is 16.0. The molecule has 254 valence electrons. The van der Waals surface area contributed by atoms with Crippen LogP contribution < -0.4 is 36.4 Å². The predicted molar refractivity (Wildman–Crippen MR) is 226 cm³/mol. The highest BCUT2D eigenvalue weighted by Gasteiger charge is 2.41. The molecule has 0 radical (unpaired) electrons. The van der Waals surface area contributed by atoms with Crippen molar-refractivity contribution in [1.29, 1.82) is 0 Å². The second kappa shape index (κ2) is 11.4. The van der Waals surface area contributed by atoms with Crippen LogP contribution >= 0.6 is 0 Å². The average Bonchev–Trinajstić information content (AvgIpc) is 3.21. The molecule has 8 aromatic rings. The largest absolute Gasteiger partial charge is 0.506 e. The Morgan fingerprint density at radius 2 is 1.15 bits per heavy atom. The van der Waals surface area contributed by atoms with E-state index in [1.807, 2.05) is 24.3 Å². The molecule has 0 fully saturated rings. The highest BCUT2D eigenvalue weighted by atomic mass is 16.3. The van der Waals surface area contributed by atoms with Gasteiger partial charge in [-0.3, -0.25) is 4.79 Å². The van der Waals surface area contributed by atoms with Gasteiger partial charge in [-0.2, -0.15) is 0 Å². The van der Waals surface area contributed by atoms with E-state index in [1.165, 1.54) is 0 Å². The van der Waals surface area contributed by atoms with E-state index < -0.39 is 0 Å². The Balaban J connectivity index is 1.12. The van der Waals surface area contributed by atoms with E-state index in [0.717, 1.165) is 76.4 Å². The van der Waals surface area contributed by atoms with Gasteiger partial charge in [-0.05, 0) is 69.5 Å². The summed E-state index contributed by atoms with van der Waals surface area (Å²) in [5.74, 6) is -0.189. The van der Waals surface area contributed by atoms with Crippen LogP contribution in [0.5, 0.6) is 0 Å². The summed E-state index contributed by atoms with van der Waals surface area (Å²) in [5, 5.41) is 26.0. The van der Waals surface area contributed by atoms with Gasteiger partial charge in [0.15, 0.2) is 0 Å². The summed E-state index contributed by atoms with van der Waals surface area (Å²) < 4.78 is 0. The number of carbonyl (C=O) groups is 1. The topological polar surface area (TPSA) is 68.2 Å². The number of rotatable bonds is 3. The predicted octanol–water partition coefficient (Wildman–Crippen LogP) is 6.72. The van der Waals surface area contributed by atoms with Gasteiger partial charge in [-0.25, -0.2) is 0 Å². The quantitative estimate of drug-likeness (QED) is 0.201. The van der Waals surface area contributed by atoms with Gasteiger partial charge in [0.1, 0.15) is 5.76 Å². The van der Waals surface area contributed by atoms with Crippen molar-refractivity contribution in [3.8, 4) is 0 Å². The van der Waals surface area contributed by atoms with Crippen LogP contribution in [-0.2, 0) is 4.79 Å². The maximum absolute atomic E-state index is 14.6. The molecule has 0 atom stereocenters. The van der Waals surface area contributed by atoms with Crippen molar-refractivity contribution in [3.05, 3.63) is 167 Å². The van der Waals surface area contributed by atoms with Crippen molar-refractivity contribution < 1.29 is 9.90 Å². The fourth-order valence-corrected chi connectivity index (χ4v) is 9.13. The summed E-state index contributed by atoms with van der Waals surface area (Å²) in [4.78, 5) is 24.5. The molecule has 0 saturated carbocycles. The summed E-state index contributed by atoms with van der Waals surface area (Å²) in [7, 11) is 4.18. The van der Waals surface area contributed by atoms with E-state index in [9.17, 15) is 9.90 Å². The molecule has 1 aliphatic carbocycles. The van der Waals surface area contributed by atoms with Gasteiger partial charge in [-0.15, -0.1) is 0 Å². The van der Waals surface area contributed by atoms with Crippen molar-refractivity contribution in [2.45, 2.75) is 0 Å². The third-order valence-corrected chi connectivity index (χ3v) is 11.8. The first kappa shape index (κ1) is 30.8. The summed E-state index contributed by atoms with van der Waals surface area (Å²) in [5.41, 5.74) is 6.49. The molecule has 11 rings (SSSR count). The lowest BCUT2D eigenvalue weighted by Crippen LogP contribution is -2.55. The molecule has 0 unspecified atom stereocenters. The number of anilines is 3. The highest BCUT2D eigenvalue weighted by molar-refractivity contribution is 6.82. The molecular formula is C46H32B2N4O2. The number of hydrogen-bond acceptors (Lipinski definition) is 6. The SMILES string of the molecule is CN1B(c2cccc3ccccc23)Nc2c(C3=C(O)/C(=c4\ccc5cccc6c5c4=NB(c4cccc5ccccc45)N6C)C3=O)ccc3cccc1c23. The van der Waals surface area contributed by atoms with Crippen LogP contribution in [0.4, 0.5) is 17.1 Å². The molecule has 2 N–H and O–H groups in total. The molecule has 8 aromatic carbocycles. The number of allylic oxidation sites excluding steroid dienone is 2. The molecule has 0 aromatic heterocycles. The van der Waals surface area contributed by atoms with E-state index in [-0.39, 0.29) is 25.5 Å². The third kappa shape index (κ3) is 4.19. The summed E-state index contributed by atoms with van der Waals surface area (Å²) in [6, 6.07) is 50.0. The molecule has 54 heavy (non-hydrogen) atoms. The summed E-state index contributed by atoms with van der Waals surface area (Å²) >= 11 is 0. The highest BCUT2D eigenvalue weighted by Crippen LogP contribution is 2.46. The minimum atomic E-state index is -0.327. The molecule has 0 spiro atoms. The number of aliphatic hydroxyl groups excluding tert-OH is 1. The molecule has 8 heteroatoms. The first-order chi connectivity index (χ1) is 26.5. The van der Waals surface area contributed by atoms with E-state index in [4.69, 9.17) is 4.90 Å². The number of nitrogens with zero attached hydrogens (tertiary/aromatic N) is 3. The Morgan fingerprint density at radius 3 is 1.87 bits per heavy atom. The maximum Gasteiger partial charge on any atom is 0.430 e. The third-order valence-electron chi connectivity index (χ3n) is 11.8. The smallest absolute Gasteiger partial charge is 0.430 e. The second-order valence-electron chi connectivity index (χ2n) is 14.5. The van der Waals surface area contributed by atoms with Crippen molar-refractivity contribution >= 4 is 102 Å². The molecule has 0 bridgehead atoms. The lowest BCUT2D eigenvalue weighted by molar-refractivity contribution is -0.109. The number of fused-ring (bicyclic) bond motifs is 2. The Kier molecular flexibility index (Phi) is 6.48. The zero-order valence-electron chi connectivity index (χ0n) is 29.7. The lowest BCUT2D eigenvalue weighted by atomic mass is 9.62. The summed E-state index contributed by atoms with van der Waals surface area (Å²) in [6.07, 6.45) is 0. The summed E-state index contributed by atoms with van der Waals surface area (Å²) in [6.45, 7) is -0.533. The molecule has 3 aliphatic rings. The molecule has 6 nitrogen and oxygen atoms in total. The molecule has 2 aliphatic heterocycles. The zero-order chi connectivity index (χ0) is 36.2. The molecule has 2 heterocycles. The van der Waals surface area contributed by atoms with Gasteiger partial charge in [0.25, 0.3) is 0 Å². The Labute approximate surface area is 312 Å². The van der Waals surface area contributed by atoms with Gasteiger partial charge in [0.05, 0.1) is 16.5 Å². The standard InChI is InChI=1S/C46H32B2N4O2/c1-51-37-21-9-15-29-23-25-33(43(39(29)37)49-47(51)35-19-7-13-27-11-3-5-17-31(27)35)41-45(53)42(46(41)54)34-26-24-30-16-10-22-38-40(30)44(34)50-48(52(38)2)36-20-8-14-28-12-4-6-18-32(28)36/h3-26,49,53H,1-2H3/b42-34-. The van der Waals surface area contributed by atoms with Crippen LogP contribution in [0.15, 0.2) is 156 Å². The van der Waals surface area contributed by atoms with Crippen molar-refractivity contribution in [1.82, 2.24) is 0 Å². The first-order valence-corrected chi connectivity index (χ1v) is 18.3. The van der Waals surface area contributed by atoms with Gasteiger partial charge < -0.3 is 24.9 Å². The number of hydrogen-bond donors (Lipinski definition) is 2. The molecule has 0 amide bonds. The van der Waals surface area contributed by atoms with E-state index in [2.05, 4.69) is 150 Å². The van der Waals surface area contributed by atoms with Gasteiger partial charge in [-0.1, -0.05) is 133 Å². The number of benzene rings is 8. The van der Waals surface area contributed by atoms with Gasteiger partial charge in [0, 0.05) is 38.6 Å². The van der Waals surface area contributed by atoms with Crippen LogP contribution in [0.2, 0.25) is 0 Å². The number of aliphatic hydroxyl groups is 1. The van der Waals surface area contributed by atoms with Crippen LogP contribution in [0, 0.1) is 0 Å². The number of Topliss-reactive ketones (excluding diaryl/α,β-unsaturated/α-hetero) is 1. The van der Waals surface area contributed by atoms with Crippen molar-refractivity contribution in [2.24, 2.45) is 4.90 Å². The number of ketones is 1. The minimum absolute atomic E-state index is 0.000518. The van der Waals surface area contributed by atoms with Crippen LogP contribution in [0.25, 0.3) is 54.2 Å². The average molecular weight is 694 g/mol. The maximum atomic E-state index is 14.6. The lowest BCUT2D eigenvalue weighted by Gasteiger charge is -2.37.